The molecular weight excluding hydrogens is 366 g/mol. The molecule has 7 heteroatoms. The van der Waals surface area contributed by atoms with Crippen molar-refractivity contribution in [2.45, 2.75) is 25.8 Å². The number of nitrogens with one attached hydrogen (secondary N) is 2. The summed E-state index contributed by atoms with van der Waals surface area (Å²) < 4.78 is 0. The quantitative estimate of drug-likeness (QED) is 0.701. The number of anilines is 1. The molecule has 1 aliphatic rings. The number of aromatic amines is 1. The maximum Gasteiger partial charge on any atom is 0.271 e. The van der Waals surface area contributed by atoms with Gasteiger partial charge in [-0.25, -0.2) is 0 Å². The highest BCUT2D eigenvalue weighted by molar-refractivity contribution is 5.87. The van der Waals surface area contributed by atoms with Crippen molar-refractivity contribution in [1.29, 1.82) is 0 Å². The van der Waals surface area contributed by atoms with Crippen LogP contribution in [-0.2, 0) is 4.79 Å². The van der Waals surface area contributed by atoms with E-state index in [1.807, 2.05) is 43.1 Å². The molecule has 29 heavy (non-hydrogen) atoms. The largest absolute Gasteiger partial charge is 0.363 e. The van der Waals surface area contributed by atoms with Gasteiger partial charge in [0.2, 0.25) is 5.91 Å². The zero-order valence-electron chi connectivity index (χ0n) is 17.1. The Morgan fingerprint density at radius 2 is 2.17 bits per heavy atom. The number of likely N-dealkylation sites (tertiary alicyclic amines) is 1. The lowest BCUT2D eigenvalue weighted by Gasteiger charge is -2.39. The van der Waals surface area contributed by atoms with Crippen LogP contribution < -0.4 is 15.8 Å². The summed E-state index contributed by atoms with van der Waals surface area (Å²) in [6, 6.07) is 5.90. The number of carbonyl (C=O) groups is 1. The maximum absolute atomic E-state index is 12.6. The van der Waals surface area contributed by atoms with Crippen LogP contribution in [0.15, 0.2) is 53.7 Å². The van der Waals surface area contributed by atoms with Crippen LogP contribution in [0.5, 0.6) is 0 Å². The van der Waals surface area contributed by atoms with Gasteiger partial charge in [-0.05, 0) is 50.6 Å². The Morgan fingerprint density at radius 1 is 1.38 bits per heavy atom. The Morgan fingerprint density at radius 3 is 2.90 bits per heavy atom. The Hall–Kier alpha value is -2.93. The minimum Gasteiger partial charge on any atom is -0.363 e. The van der Waals surface area contributed by atoms with Gasteiger partial charge in [-0.2, -0.15) is 0 Å². The van der Waals surface area contributed by atoms with Gasteiger partial charge in [-0.15, -0.1) is 0 Å². The van der Waals surface area contributed by atoms with E-state index in [1.165, 1.54) is 0 Å². The number of nitrogens with zero attached hydrogens (tertiary/aromatic N) is 3. The normalized spacial score (nSPS) is 16.9. The van der Waals surface area contributed by atoms with Gasteiger partial charge in [0.1, 0.15) is 5.69 Å². The van der Waals surface area contributed by atoms with Crippen molar-refractivity contribution < 1.29 is 4.79 Å². The van der Waals surface area contributed by atoms with E-state index in [0.717, 1.165) is 30.5 Å². The molecule has 1 amide bonds. The van der Waals surface area contributed by atoms with Crippen molar-refractivity contribution >= 4 is 11.6 Å². The second-order valence-corrected chi connectivity index (χ2v) is 7.16. The number of pyridine rings is 2. The highest BCUT2D eigenvalue weighted by Gasteiger charge is 2.28. The third-order valence-electron chi connectivity index (χ3n) is 5.28. The van der Waals surface area contributed by atoms with Crippen molar-refractivity contribution in [3.63, 3.8) is 0 Å². The molecule has 0 aliphatic carbocycles. The molecule has 1 saturated heterocycles. The van der Waals surface area contributed by atoms with E-state index in [-0.39, 0.29) is 17.5 Å². The van der Waals surface area contributed by atoms with Crippen molar-refractivity contribution in [3.8, 4) is 11.1 Å². The van der Waals surface area contributed by atoms with Crippen molar-refractivity contribution in [1.82, 2.24) is 20.2 Å². The fourth-order valence-electron chi connectivity index (χ4n) is 3.81. The molecule has 7 nitrogen and oxygen atoms in total. The molecule has 3 heterocycles. The molecule has 0 saturated carbocycles. The predicted molar refractivity (Wildman–Crippen MR) is 116 cm³/mol. The highest BCUT2D eigenvalue weighted by atomic mass is 16.2. The lowest BCUT2D eigenvalue weighted by atomic mass is 10.0. The molecule has 1 aliphatic heterocycles. The first-order valence-corrected chi connectivity index (χ1v) is 10.1. The molecule has 2 aromatic heterocycles. The molecule has 0 radical (unpaired) electrons. The summed E-state index contributed by atoms with van der Waals surface area (Å²) >= 11 is 0. The van der Waals surface area contributed by atoms with Gasteiger partial charge < -0.3 is 20.1 Å². The molecule has 0 spiro atoms. The Labute approximate surface area is 171 Å². The standard InChI is InChI=1S/C22H29N5O2/c1-3-27(19-6-5-13-26(16-19)21(28)7-4-10-23-2)20-14-18(15-25-22(20)29)17-8-11-24-12-9-17/h4,7-9,11-12,14-15,19,23H,3,5-6,10,13,16H2,1-2H3,(H,25,29)/t19-/m1/s1. The molecular formula is C22H29N5O2. The number of aromatic nitrogens is 2. The molecule has 0 aromatic carbocycles. The van der Waals surface area contributed by atoms with E-state index in [9.17, 15) is 9.59 Å². The number of carbonyl (C=O) groups excluding carboxylic acids is 1. The van der Waals surface area contributed by atoms with Gasteiger partial charge in [-0.3, -0.25) is 14.6 Å². The Bertz CT molecular complexity index is 894. The van der Waals surface area contributed by atoms with Gasteiger partial charge in [-0.1, -0.05) is 6.08 Å². The van der Waals surface area contributed by atoms with Gasteiger partial charge in [0.15, 0.2) is 0 Å². The minimum atomic E-state index is -0.109. The molecule has 0 bridgehead atoms. The SMILES string of the molecule is CCN(c1cc(-c2ccncc2)c[nH]c1=O)[C@@H]1CCCN(C(=O)C=CCNC)C1. The fraction of sp³-hybridized carbons (Fsp3) is 0.409. The summed E-state index contributed by atoms with van der Waals surface area (Å²) in [6.45, 7) is 4.79. The first-order chi connectivity index (χ1) is 14.1. The van der Waals surface area contributed by atoms with Crippen LogP contribution in [0, 0.1) is 0 Å². The summed E-state index contributed by atoms with van der Waals surface area (Å²) in [7, 11) is 1.85. The number of hydrogen-bond acceptors (Lipinski definition) is 5. The molecule has 1 fully saturated rings. The average Bonchev–Trinajstić information content (AvgIpc) is 2.76. The summed E-state index contributed by atoms with van der Waals surface area (Å²) in [5.41, 5.74) is 2.48. The summed E-state index contributed by atoms with van der Waals surface area (Å²) in [4.78, 5) is 36.1. The maximum atomic E-state index is 12.6. The van der Waals surface area contributed by atoms with E-state index in [2.05, 4.69) is 20.2 Å². The second kappa shape index (κ2) is 10.0. The van der Waals surface area contributed by atoms with Crippen molar-refractivity contribution in [3.05, 3.63) is 59.3 Å². The summed E-state index contributed by atoms with van der Waals surface area (Å²) in [5.74, 6) is 0.0282. The smallest absolute Gasteiger partial charge is 0.271 e. The predicted octanol–water partition coefficient (Wildman–Crippen LogP) is 2.03. The highest BCUT2D eigenvalue weighted by Crippen LogP contribution is 2.25. The molecule has 0 unspecified atom stereocenters. The molecule has 2 N–H and O–H groups in total. The lowest BCUT2D eigenvalue weighted by molar-refractivity contribution is -0.127. The average molecular weight is 396 g/mol. The topological polar surface area (TPSA) is 81.3 Å². The van der Waals surface area contributed by atoms with E-state index >= 15 is 0 Å². The van der Waals surface area contributed by atoms with E-state index in [1.54, 1.807) is 24.7 Å². The molecule has 154 valence electrons. The van der Waals surface area contributed by atoms with Crippen molar-refractivity contribution in [2.75, 3.05) is 38.1 Å². The first-order valence-electron chi connectivity index (χ1n) is 10.1. The number of hydrogen-bond donors (Lipinski definition) is 2. The second-order valence-electron chi connectivity index (χ2n) is 7.16. The van der Waals surface area contributed by atoms with Gasteiger partial charge in [0, 0.05) is 62.5 Å². The van der Waals surface area contributed by atoms with E-state index in [0.29, 0.717) is 25.3 Å². The lowest BCUT2D eigenvalue weighted by Crippen LogP contribution is -2.50. The minimum absolute atomic E-state index is 0.0282. The Balaban J connectivity index is 1.82. The third kappa shape index (κ3) is 5.12. The van der Waals surface area contributed by atoms with E-state index < -0.39 is 0 Å². The fourth-order valence-corrected chi connectivity index (χ4v) is 3.81. The number of rotatable bonds is 7. The monoisotopic (exact) mass is 395 g/mol. The number of amides is 1. The van der Waals surface area contributed by atoms with Crippen LogP contribution in [0.3, 0.4) is 0 Å². The van der Waals surface area contributed by atoms with Gasteiger partial charge >= 0.3 is 0 Å². The van der Waals surface area contributed by atoms with Crippen LogP contribution in [0.25, 0.3) is 11.1 Å². The van der Waals surface area contributed by atoms with Gasteiger partial charge in [0.25, 0.3) is 5.56 Å². The van der Waals surface area contributed by atoms with Gasteiger partial charge in [0.05, 0.1) is 0 Å². The zero-order chi connectivity index (χ0) is 20.6. The summed E-state index contributed by atoms with van der Waals surface area (Å²) in [6.07, 6.45) is 10.6. The molecule has 3 rings (SSSR count). The van der Waals surface area contributed by atoms with Crippen LogP contribution in [0.2, 0.25) is 0 Å². The molecule has 2 aromatic rings. The number of likely N-dealkylation sites (N-methyl/N-ethyl adjacent to an activating group) is 2. The summed E-state index contributed by atoms with van der Waals surface area (Å²) in [5, 5.41) is 3.00. The van der Waals surface area contributed by atoms with Crippen LogP contribution >= 0.6 is 0 Å². The third-order valence-corrected chi connectivity index (χ3v) is 5.28. The molecule has 1 atom stereocenters. The first kappa shape index (κ1) is 20.8. The van der Waals surface area contributed by atoms with Crippen molar-refractivity contribution in [2.24, 2.45) is 0 Å². The zero-order valence-corrected chi connectivity index (χ0v) is 17.1. The van der Waals surface area contributed by atoms with E-state index in [4.69, 9.17) is 0 Å². The van der Waals surface area contributed by atoms with Crippen LogP contribution in [0.1, 0.15) is 19.8 Å². The number of H-pyrrole nitrogens is 1. The van der Waals surface area contributed by atoms with Crippen LogP contribution in [-0.4, -0.2) is 60.0 Å². The van der Waals surface area contributed by atoms with Crippen LogP contribution in [0.4, 0.5) is 5.69 Å². The Kier molecular flexibility index (Phi) is 7.19. The number of piperidine rings is 1.